The van der Waals surface area contributed by atoms with Gasteiger partial charge < -0.3 is 10.6 Å². The molecule has 0 bridgehead atoms. The molecule has 8 heteroatoms. The summed E-state index contributed by atoms with van der Waals surface area (Å²) in [6.07, 6.45) is 3.95. The normalized spacial score (nSPS) is 20.1. The van der Waals surface area contributed by atoms with Crippen LogP contribution in [0.15, 0.2) is 29.9 Å². The monoisotopic (exact) mass is 416 g/mol. The first kappa shape index (κ1) is 17.9. The number of fused-ring (bicyclic) bond motifs is 2. The Morgan fingerprint density at radius 1 is 1.25 bits per heavy atom. The molecular weight excluding hydrogens is 398 g/mol. The molecule has 1 aliphatic rings. The first-order chi connectivity index (χ1) is 13.6. The minimum absolute atomic E-state index is 0.175. The van der Waals surface area contributed by atoms with E-state index >= 15 is 0 Å². The molecule has 1 aliphatic heterocycles. The summed E-state index contributed by atoms with van der Waals surface area (Å²) in [6, 6.07) is 5.59. The Bertz CT molecular complexity index is 1170. The van der Waals surface area contributed by atoms with Gasteiger partial charge in [0.15, 0.2) is 11.6 Å². The first-order valence-electron chi connectivity index (χ1n) is 9.22. The van der Waals surface area contributed by atoms with Crippen molar-refractivity contribution in [2.24, 2.45) is 0 Å². The molecule has 0 amide bonds. The SMILES string of the molecule is C[C@H]1NCCC[C@H]1c1cc2c(Nc3c(F)cc4scnc4c3F)ccnc2s1. The summed E-state index contributed by atoms with van der Waals surface area (Å²) in [5.41, 5.74) is 2.18. The van der Waals surface area contributed by atoms with Crippen LogP contribution in [0.5, 0.6) is 0 Å². The van der Waals surface area contributed by atoms with Crippen LogP contribution in [0.4, 0.5) is 20.2 Å². The highest BCUT2D eigenvalue weighted by atomic mass is 32.1. The highest BCUT2D eigenvalue weighted by molar-refractivity contribution is 7.18. The minimum atomic E-state index is -0.665. The molecule has 3 aromatic heterocycles. The third-order valence-corrected chi connectivity index (χ3v) is 7.31. The number of thiazole rings is 1. The molecule has 144 valence electrons. The van der Waals surface area contributed by atoms with Gasteiger partial charge in [0.05, 0.1) is 15.9 Å². The van der Waals surface area contributed by atoms with Gasteiger partial charge in [0.25, 0.3) is 0 Å². The lowest BCUT2D eigenvalue weighted by Gasteiger charge is -2.29. The van der Waals surface area contributed by atoms with Crippen molar-refractivity contribution in [1.82, 2.24) is 15.3 Å². The highest BCUT2D eigenvalue weighted by Gasteiger charge is 2.25. The molecule has 4 heterocycles. The third-order valence-electron chi connectivity index (χ3n) is 5.36. The van der Waals surface area contributed by atoms with Crippen LogP contribution >= 0.6 is 22.7 Å². The molecule has 1 saturated heterocycles. The van der Waals surface area contributed by atoms with E-state index in [0.29, 0.717) is 22.3 Å². The number of anilines is 2. The zero-order valence-electron chi connectivity index (χ0n) is 15.1. The van der Waals surface area contributed by atoms with Crippen molar-refractivity contribution < 1.29 is 8.78 Å². The second-order valence-corrected chi connectivity index (χ2v) is 9.04. The fraction of sp³-hybridized carbons (Fsp3) is 0.300. The molecular formula is C20H18F2N4S2. The number of hydrogen-bond donors (Lipinski definition) is 2. The lowest BCUT2D eigenvalue weighted by atomic mass is 9.90. The van der Waals surface area contributed by atoms with E-state index in [1.54, 1.807) is 23.6 Å². The van der Waals surface area contributed by atoms with E-state index in [1.807, 2.05) is 0 Å². The maximum absolute atomic E-state index is 14.8. The Balaban J connectivity index is 1.56. The van der Waals surface area contributed by atoms with E-state index in [4.69, 9.17) is 0 Å². The zero-order valence-corrected chi connectivity index (χ0v) is 16.8. The second-order valence-electron chi connectivity index (χ2n) is 7.09. The van der Waals surface area contributed by atoms with Crippen LogP contribution in [0, 0.1) is 11.6 Å². The van der Waals surface area contributed by atoms with Gasteiger partial charge in [-0.15, -0.1) is 22.7 Å². The van der Waals surface area contributed by atoms with Crippen molar-refractivity contribution in [3.8, 4) is 0 Å². The Labute approximate surface area is 168 Å². The smallest absolute Gasteiger partial charge is 0.176 e. The largest absolute Gasteiger partial charge is 0.350 e. The highest BCUT2D eigenvalue weighted by Crippen LogP contribution is 2.39. The van der Waals surface area contributed by atoms with Crippen LogP contribution < -0.4 is 10.6 Å². The molecule has 2 N–H and O–H groups in total. The maximum atomic E-state index is 14.8. The van der Waals surface area contributed by atoms with E-state index in [9.17, 15) is 8.78 Å². The lowest BCUT2D eigenvalue weighted by molar-refractivity contribution is 0.375. The van der Waals surface area contributed by atoms with Crippen molar-refractivity contribution in [2.75, 3.05) is 11.9 Å². The van der Waals surface area contributed by atoms with Crippen molar-refractivity contribution in [2.45, 2.75) is 31.7 Å². The Hall–Kier alpha value is -2.16. The summed E-state index contributed by atoms with van der Waals surface area (Å²) >= 11 is 2.87. The number of piperidine rings is 1. The molecule has 0 spiro atoms. The average molecular weight is 417 g/mol. The van der Waals surface area contributed by atoms with Crippen LogP contribution in [0.3, 0.4) is 0 Å². The topological polar surface area (TPSA) is 49.8 Å². The Morgan fingerprint density at radius 3 is 3.00 bits per heavy atom. The van der Waals surface area contributed by atoms with Gasteiger partial charge in [-0.3, -0.25) is 0 Å². The van der Waals surface area contributed by atoms with E-state index in [0.717, 1.165) is 29.6 Å². The predicted molar refractivity (Wildman–Crippen MR) is 112 cm³/mol. The standard InChI is InChI=1S/C20H18F2N4S2/c1-10-11(3-2-5-23-10)15-7-12-14(4-6-24-20(12)28-15)26-18-13(21)8-16-19(17(18)22)25-9-27-16/h4,6-11,23H,2-3,5H2,1H3,(H,24,26)/t10-,11-/m1/s1. The maximum Gasteiger partial charge on any atom is 0.176 e. The van der Waals surface area contributed by atoms with Crippen LogP contribution in [0.25, 0.3) is 20.4 Å². The van der Waals surface area contributed by atoms with Gasteiger partial charge in [-0.1, -0.05) is 0 Å². The molecule has 5 rings (SSSR count). The van der Waals surface area contributed by atoms with Gasteiger partial charge in [0, 0.05) is 28.4 Å². The number of rotatable bonds is 3. The summed E-state index contributed by atoms with van der Waals surface area (Å²) < 4.78 is 29.9. The summed E-state index contributed by atoms with van der Waals surface area (Å²) in [5.74, 6) is -0.859. The van der Waals surface area contributed by atoms with Crippen molar-refractivity contribution >= 4 is 54.5 Å². The lowest BCUT2D eigenvalue weighted by Crippen LogP contribution is -2.37. The number of aromatic nitrogens is 2. The molecule has 0 radical (unpaired) electrons. The average Bonchev–Trinajstić information content (AvgIpc) is 3.32. The van der Waals surface area contributed by atoms with E-state index < -0.39 is 11.6 Å². The molecule has 1 aromatic carbocycles. The third kappa shape index (κ3) is 2.96. The summed E-state index contributed by atoms with van der Waals surface area (Å²) in [5, 5.41) is 7.37. The van der Waals surface area contributed by atoms with Crippen molar-refractivity contribution in [3.63, 3.8) is 0 Å². The first-order valence-corrected chi connectivity index (χ1v) is 10.9. The number of thiophene rings is 1. The fourth-order valence-corrected chi connectivity index (χ4v) is 5.83. The summed E-state index contributed by atoms with van der Waals surface area (Å²) in [7, 11) is 0. The molecule has 0 saturated carbocycles. The quantitative estimate of drug-likeness (QED) is 0.444. The van der Waals surface area contributed by atoms with E-state index in [2.05, 4.69) is 33.6 Å². The Kier molecular flexibility index (Phi) is 4.49. The van der Waals surface area contributed by atoms with E-state index in [1.165, 1.54) is 27.8 Å². The van der Waals surface area contributed by atoms with Gasteiger partial charge in [-0.05, 0) is 44.5 Å². The predicted octanol–water partition coefficient (Wildman–Crippen LogP) is 5.78. The van der Waals surface area contributed by atoms with Gasteiger partial charge in [0.1, 0.15) is 16.0 Å². The van der Waals surface area contributed by atoms with Crippen LogP contribution in [-0.2, 0) is 0 Å². The van der Waals surface area contributed by atoms with Crippen LogP contribution in [0.2, 0.25) is 0 Å². The molecule has 0 unspecified atom stereocenters. The van der Waals surface area contributed by atoms with Crippen molar-refractivity contribution in [3.05, 3.63) is 46.4 Å². The van der Waals surface area contributed by atoms with Gasteiger partial charge in [0.2, 0.25) is 0 Å². The molecule has 1 fully saturated rings. The van der Waals surface area contributed by atoms with Crippen LogP contribution in [0.1, 0.15) is 30.6 Å². The number of halogens is 2. The molecule has 4 aromatic rings. The number of benzene rings is 1. The number of nitrogens with one attached hydrogen (secondary N) is 2. The molecule has 0 aliphatic carbocycles. The molecule has 28 heavy (non-hydrogen) atoms. The second kappa shape index (κ2) is 7.02. The van der Waals surface area contributed by atoms with Gasteiger partial charge >= 0.3 is 0 Å². The Morgan fingerprint density at radius 2 is 2.14 bits per heavy atom. The summed E-state index contributed by atoms with van der Waals surface area (Å²) in [6.45, 7) is 3.25. The molecule has 2 atom stereocenters. The van der Waals surface area contributed by atoms with Crippen LogP contribution in [-0.4, -0.2) is 22.6 Å². The van der Waals surface area contributed by atoms with E-state index in [-0.39, 0.29) is 11.2 Å². The number of pyridine rings is 1. The van der Waals surface area contributed by atoms with Gasteiger partial charge in [-0.2, -0.15) is 0 Å². The number of nitrogens with zero attached hydrogens (tertiary/aromatic N) is 2. The minimum Gasteiger partial charge on any atom is -0.350 e. The van der Waals surface area contributed by atoms with Crippen molar-refractivity contribution in [1.29, 1.82) is 0 Å². The number of hydrogen-bond acceptors (Lipinski definition) is 6. The molecule has 4 nitrogen and oxygen atoms in total. The zero-order chi connectivity index (χ0) is 19.3. The fourth-order valence-electron chi connectivity index (χ4n) is 3.86. The summed E-state index contributed by atoms with van der Waals surface area (Å²) in [4.78, 5) is 10.6. The van der Waals surface area contributed by atoms with Gasteiger partial charge in [-0.25, -0.2) is 18.7 Å².